The number of rotatable bonds is 0. The fourth-order valence-corrected chi connectivity index (χ4v) is 1.99. The van der Waals surface area contributed by atoms with Crippen LogP contribution in [0.4, 0.5) is 0 Å². The molecule has 0 spiro atoms. The Morgan fingerprint density at radius 1 is 1.78 bits per heavy atom. The molecule has 0 amide bonds. The molecule has 1 saturated heterocycles. The van der Waals surface area contributed by atoms with E-state index >= 15 is 0 Å². The van der Waals surface area contributed by atoms with Gasteiger partial charge in [-0.3, -0.25) is 4.18 Å². The summed E-state index contributed by atoms with van der Waals surface area (Å²) in [5, 5.41) is 0. The Labute approximate surface area is 67.9 Å². The smallest absolute Gasteiger partial charge is 0.256 e. The highest BCUT2D eigenvalue weighted by atomic mass is 127. The van der Waals surface area contributed by atoms with Crippen LogP contribution in [0, 0.1) is 0 Å². The second kappa shape index (κ2) is 2.33. The Kier molecular flexibility index (Phi) is 1.99. The molecule has 1 atom stereocenters. The van der Waals surface area contributed by atoms with Gasteiger partial charge < -0.3 is 0 Å². The van der Waals surface area contributed by atoms with Crippen molar-refractivity contribution >= 4 is 33.2 Å². The van der Waals surface area contributed by atoms with Crippen LogP contribution >= 0.6 is 22.9 Å². The van der Waals surface area contributed by atoms with Gasteiger partial charge in [-0.25, -0.2) is 0 Å². The van der Waals surface area contributed by atoms with Crippen LogP contribution in [0.2, 0.25) is 0 Å². The third kappa shape index (κ3) is 1.36. The molecule has 0 aliphatic carbocycles. The largest absolute Gasteiger partial charge is 0.347 e. The van der Waals surface area contributed by atoms with Gasteiger partial charge in [0.2, 0.25) is 0 Å². The molecule has 0 aromatic rings. The van der Waals surface area contributed by atoms with E-state index in [0.29, 0.717) is 0 Å². The van der Waals surface area contributed by atoms with Crippen molar-refractivity contribution in [3.8, 4) is 0 Å². The van der Waals surface area contributed by atoms with Gasteiger partial charge in [-0.2, -0.15) is 8.42 Å². The molecular weight excluding hydrogens is 257 g/mol. The first-order chi connectivity index (χ1) is 4.04. The van der Waals surface area contributed by atoms with Crippen LogP contribution in [-0.2, 0) is 14.5 Å². The molecule has 0 aromatic carbocycles. The first kappa shape index (κ1) is 7.70. The van der Waals surface area contributed by atoms with Gasteiger partial charge >= 0.3 is 10.3 Å². The molecule has 1 rings (SSSR count). The zero-order valence-corrected chi connectivity index (χ0v) is 7.72. The molecule has 0 N–H and O–H groups in total. The summed E-state index contributed by atoms with van der Waals surface area (Å²) in [6, 6.07) is -0.0319. The van der Waals surface area contributed by atoms with Crippen molar-refractivity contribution in [3.05, 3.63) is 0 Å². The molecule has 1 aliphatic heterocycles. The normalized spacial score (nSPS) is 35.1. The van der Waals surface area contributed by atoms with Gasteiger partial charge in [0, 0.05) is 22.9 Å². The van der Waals surface area contributed by atoms with Crippen molar-refractivity contribution in [2.75, 3.05) is 6.61 Å². The lowest BCUT2D eigenvalue weighted by molar-refractivity contribution is 0.340. The van der Waals surface area contributed by atoms with E-state index in [2.05, 4.69) is 4.18 Å². The summed E-state index contributed by atoms with van der Waals surface area (Å²) >= 11 is 1.72. The highest BCUT2D eigenvalue weighted by Crippen LogP contribution is 2.21. The molecule has 0 bridgehead atoms. The van der Waals surface area contributed by atoms with Gasteiger partial charge in [0.05, 0.1) is 12.6 Å². The predicted molar refractivity (Wildman–Crippen MR) is 40.2 cm³/mol. The zero-order valence-electron chi connectivity index (χ0n) is 4.74. The van der Waals surface area contributed by atoms with Crippen LogP contribution < -0.4 is 0 Å². The van der Waals surface area contributed by atoms with Crippen molar-refractivity contribution in [1.29, 1.82) is 0 Å². The lowest BCUT2D eigenvalue weighted by atomic mass is 10.4. The second-order valence-electron chi connectivity index (χ2n) is 1.83. The molecule has 0 aromatic heterocycles. The van der Waals surface area contributed by atoms with Gasteiger partial charge in [0.25, 0.3) is 0 Å². The molecule has 1 fully saturated rings. The topological polar surface area (TPSA) is 46.6 Å². The quantitative estimate of drug-likeness (QED) is 0.466. The van der Waals surface area contributed by atoms with Gasteiger partial charge in [0.1, 0.15) is 0 Å². The fourth-order valence-electron chi connectivity index (χ4n) is 0.514. The van der Waals surface area contributed by atoms with Crippen molar-refractivity contribution in [1.82, 2.24) is 2.52 Å². The number of hydrogen-bond acceptors (Lipinski definition) is 3. The summed E-state index contributed by atoms with van der Waals surface area (Å²) in [7, 11) is -3.35. The molecular formula is C3H6INO3S. The maximum Gasteiger partial charge on any atom is 0.347 e. The Hall–Kier alpha value is 0.600. The Morgan fingerprint density at radius 2 is 2.33 bits per heavy atom. The van der Waals surface area contributed by atoms with Crippen LogP contribution in [0.25, 0.3) is 0 Å². The number of hydrogen-bond donors (Lipinski definition) is 0. The highest BCUT2D eigenvalue weighted by molar-refractivity contribution is 14.1. The van der Waals surface area contributed by atoms with Crippen LogP contribution in [0.3, 0.4) is 0 Å². The lowest BCUT2D eigenvalue weighted by Crippen LogP contribution is -2.20. The summed E-state index contributed by atoms with van der Waals surface area (Å²) in [5.41, 5.74) is 0. The molecule has 4 nitrogen and oxygen atoms in total. The first-order valence-electron chi connectivity index (χ1n) is 2.38. The molecule has 1 aliphatic rings. The average molecular weight is 263 g/mol. The first-order valence-corrected chi connectivity index (χ1v) is 4.71. The van der Waals surface area contributed by atoms with Crippen LogP contribution in [0.1, 0.15) is 6.92 Å². The zero-order chi connectivity index (χ0) is 7.07. The number of nitrogens with zero attached hydrogens (tertiary/aromatic N) is 1. The fraction of sp³-hybridized carbons (Fsp3) is 1.00. The SMILES string of the molecule is C[C@H]1COS(=O)(=O)N1I. The van der Waals surface area contributed by atoms with Gasteiger partial charge in [-0.1, -0.05) is 0 Å². The van der Waals surface area contributed by atoms with E-state index in [1.807, 2.05) is 0 Å². The summed E-state index contributed by atoms with van der Waals surface area (Å²) in [6.07, 6.45) is 0. The van der Waals surface area contributed by atoms with Gasteiger partial charge in [0.15, 0.2) is 0 Å². The van der Waals surface area contributed by atoms with E-state index in [4.69, 9.17) is 0 Å². The highest BCUT2D eigenvalue weighted by Gasteiger charge is 2.33. The molecule has 0 radical (unpaired) electrons. The minimum Gasteiger partial charge on any atom is -0.256 e. The van der Waals surface area contributed by atoms with E-state index in [1.165, 1.54) is 2.52 Å². The maximum absolute atomic E-state index is 10.7. The second-order valence-corrected chi connectivity index (χ2v) is 5.01. The van der Waals surface area contributed by atoms with E-state index in [0.717, 1.165) is 0 Å². The van der Waals surface area contributed by atoms with Crippen molar-refractivity contribution in [3.63, 3.8) is 0 Å². The Morgan fingerprint density at radius 3 is 2.44 bits per heavy atom. The lowest BCUT2D eigenvalue weighted by Gasteiger charge is -2.04. The van der Waals surface area contributed by atoms with Crippen LogP contribution in [-0.4, -0.2) is 23.6 Å². The van der Waals surface area contributed by atoms with Crippen LogP contribution in [0.5, 0.6) is 0 Å². The van der Waals surface area contributed by atoms with E-state index in [9.17, 15) is 8.42 Å². The van der Waals surface area contributed by atoms with Crippen molar-refractivity contribution < 1.29 is 12.6 Å². The van der Waals surface area contributed by atoms with E-state index < -0.39 is 10.3 Å². The van der Waals surface area contributed by atoms with E-state index in [-0.39, 0.29) is 12.6 Å². The van der Waals surface area contributed by atoms with Crippen molar-refractivity contribution in [2.24, 2.45) is 0 Å². The third-order valence-electron chi connectivity index (χ3n) is 1.02. The van der Waals surface area contributed by atoms with Crippen molar-refractivity contribution in [2.45, 2.75) is 13.0 Å². The minimum absolute atomic E-state index is 0.0319. The average Bonchev–Trinajstić information content (AvgIpc) is 1.97. The monoisotopic (exact) mass is 263 g/mol. The Balaban J connectivity index is 2.87. The molecule has 54 valence electrons. The summed E-state index contributed by atoms with van der Waals surface area (Å²) in [4.78, 5) is 0. The summed E-state index contributed by atoms with van der Waals surface area (Å²) in [5.74, 6) is 0. The third-order valence-corrected chi connectivity index (χ3v) is 4.64. The van der Waals surface area contributed by atoms with Gasteiger partial charge in [-0.05, 0) is 6.92 Å². The summed E-state index contributed by atoms with van der Waals surface area (Å²) in [6.45, 7) is 2.06. The standard InChI is InChI=1S/C3H6INO3S/c1-3-2-8-9(6,7)5(3)4/h3H,2H2,1H3/t3-/m0/s1. The molecule has 0 unspecified atom stereocenters. The molecule has 0 saturated carbocycles. The van der Waals surface area contributed by atoms with E-state index in [1.54, 1.807) is 29.8 Å². The maximum atomic E-state index is 10.7. The van der Waals surface area contributed by atoms with Gasteiger partial charge in [-0.15, -0.1) is 2.52 Å². The molecule has 9 heavy (non-hydrogen) atoms. The van der Waals surface area contributed by atoms with Crippen LogP contribution in [0.15, 0.2) is 0 Å². The number of halogens is 1. The molecule has 6 heteroatoms. The predicted octanol–water partition coefficient (Wildman–Crippen LogP) is 0.302. The Bertz CT molecular complexity index is 201. The summed E-state index contributed by atoms with van der Waals surface area (Å²) < 4.78 is 27.0. The minimum atomic E-state index is -3.35. The molecule has 1 heterocycles.